The molecule has 234 valence electrons. The van der Waals surface area contributed by atoms with Crippen molar-refractivity contribution >= 4 is 53.3 Å². The first-order valence-electron chi connectivity index (χ1n) is 16.7. The average Bonchev–Trinajstić information content (AvgIpc) is 3.74. The SMILES string of the molecule is c1ccc(-c2nc(-c3ccccc3)nc(-c3ccc4c(c3)sc3c(-n5c6ccccc6c6c(-c7ccccc7)cccc65)cccc34)n2)cc1. The second kappa shape index (κ2) is 11.6. The third-order valence-electron chi connectivity index (χ3n) is 9.46. The molecule has 0 aliphatic rings. The van der Waals surface area contributed by atoms with Gasteiger partial charge in [0, 0.05) is 42.9 Å². The van der Waals surface area contributed by atoms with Crippen molar-refractivity contribution in [2.45, 2.75) is 0 Å². The maximum atomic E-state index is 5.00. The molecule has 4 nitrogen and oxygen atoms in total. The van der Waals surface area contributed by atoms with E-state index in [0.717, 1.165) is 16.7 Å². The average molecular weight is 657 g/mol. The zero-order valence-corrected chi connectivity index (χ0v) is 27.7. The Morgan fingerprint density at radius 1 is 0.400 bits per heavy atom. The Kier molecular flexibility index (Phi) is 6.64. The Labute approximate surface area is 292 Å². The second-order valence-electron chi connectivity index (χ2n) is 12.4. The van der Waals surface area contributed by atoms with Crippen molar-refractivity contribution in [3.63, 3.8) is 0 Å². The number of thiophene rings is 1. The zero-order valence-electron chi connectivity index (χ0n) is 26.9. The molecule has 0 saturated carbocycles. The van der Waals surface area contributed by atoms with Crippen LogP contribution < -0.4 is 0 Å². The van der Waals surface area contributed by atoms with Gasteiger partial charge in [0.1, 0.15) is 0 Å². The molecule has 0 unspecified atom stereocenters. The molecule has 0 aliphatic carbocycles. The van der Waals surface area contributed by atoms with Crippen LogP contribution in [0, 0.1) is 0 Å². The lowest BCUT2D eigenvalue weighted by Gasteiger charge is -2.10. The molecule has 10 aromatic rings. The van der Waals surface area contributed by atoms with Crippen LogP contribution in [0.3, 0.4) is 0 Å². The Balaban J connectivity index is 1.17. The molecule has 0 spiro atoms. The Morgan fingerprint density at radius 2 is 0.960 bits per heavy atom. The van der Waals surface area contributed by atoms with E-state index in [-0.39, 0.29) is 0 Å². The van der Waals surface area contributed by atoms with E-state index in [9.17, 15) is 0 Å². The second-order valence-corrected chi connectivity index (χ2v) is 13.5. The molecule has 50 heavy (non-hydrogen) atoms. The first-order chi connectivity index (χ1) is 24.8. The first kappa shape index (κ1) is 28.6. The van der Waals surface area contributed by atoms with Crippen LogP contribution in [0.2, 0.25) is 0 Å². The lowest BCUT2D eigenvalue weighted by Crippen LogP contribution is -1.99. The number of hydrogen-bond donors (Lipinski definition) is 0. The number of hydrogen-bond acceptors (Lipinski definition) is 4. The van der Waals surface area contributed by atoms with E-state index < -0.39 is 0 Å². The standard InChI is InChI=1S/C45H28N4S/c1-4-14-29(15-5-1)33-21-12-24-38-41(33)36-20-10-11-23-37(36)49(38)39-25-13-22-35-34-27-26-32(28-40(34)50-42(35)39)45-47-43(30-16-6-2-7-17-30)46-44(48-45)31-18-8-3-9-19-31/h1-28H. The minimum absolute atomic E-state index is 0.660. The molecule has 10 rings (SSSR count). The summed E-state index contributed by atoms with van der Waals surface area (Å²) in [5.74, 6) is 1.98. The molecule has 0 bridgehead atoms. The smallest absolute Gasteiger partial charge is 0.164 e. The summed E-state index contributed by atoms with van der Waals surface area (Å²) in [6.07, 6.45) is 0. The van der Waals surface area contributed by atoms with Gasteiger partial charge in [-0.15, -0.1) is 11.3 Å². The molecule has 5 heteroatoms. The van der Waals surface area contributed by atoms with Gasteiger partial charge in [-0.3, -0.25) is 0 Å². The van der Waals surface area contributed by atoms with Gasteiger partial charge in [0.25, 0.3) is 0 Å². The molecule has 7 aromatic carbocycles. The summed E-state index contributed by atoms with van der Waals surface area (Å²) in [5.41, 5.74) is 8.93. The topological polar surface area (TPSA) is 43.6 Å². The van der Waals surface area contributed by atoms with E-state index in [0.29, 0.717) is 17.5 Å². The molecule has 0 radical (unpaired) electrons. The highest BCUT2D eigenvalue weighted by atomic mass is 32.1. The van der Waals surface area contributed by atoms with Crippen molar-refractivity contribution < 1.29 is 0 Å². The third kappa shape index (κ3) is 4.63. The highest BCUT2D eigenvalue weighted by Crippen LogP contribution is 2.43. The van der Waals surface area contributed by atoms with Crippen LogP contribution in [0.15, 0.2) is 170 Å². The summed E-state index contributed by atoms with van der Waals surface area (Å²) in [4.78, 5) is 14.9. The van der Waals surface area contributed by atoms with Gasteiger partial charge in [0.15, 0.2) is 17.5 Å². The number of aromatic nitrogens is 4. The summed E-state index contributed by atoms with van der Waals surface area (Å²) in [6, 6.07) is 59.7. The van der Waals surface area contributed by atoms with Crippen LogP contribution >= 0.6 is 11.3 Å². The monoisotopic (exact) mass is 656 g/mol. The lowest BCUT2D eigenvalue weighted by molar-refractivity contribution is 1.07. The van der Waals surface area contributed by atoms with Gasteiger partial charge in [-0.25, -0.2) is 15.0 Å². The summed E-state index contributed by atoms with van der Waals surface area (Å²) in [5, 5.41) is 4.99. The number of nitrogens with zero attached hydrogens (tertiary/aromatic N) is 4. The zero-order chi connectivity index (χ0) is 33.0. The molecule has 0 amide bonds. The van der Waals surface area contributed by atoms with Gasteiger partial charge in [-0.05, 0) is 35.4 Å². The van der Waals surface area contributed by atoms with E-state index in [2.05, 4.69) is 114 Å². The minimum atomic E-state index is 0.660. The van der Waals surface area contributed by atoms with Crippen LogP contribution in [0.4, 0.5) is 0 Å². The summed E-state index contributed by atoms with van der Waals surface area (Å²) < 4.78 is 4.89. The number of rotatable bonds is 5. The normalized spacial score (nSPS) is 11.6. The fourth-order valence-corrected chi connectivity index (χ4v) is 8.42. The van der Waals surface area contributed by atoms with E-state index >= 15 is 0 Å². The van der Waals surface area contributed by atoms with Crippen molar-refractivity contribution in [1.29, 1.82) is 0 Å². The molecule has 0 saturated heterocycles. The molecule has 0 aliphatic heterocycles. The fourth-order valence-electron chi connectivity index (χ4n) is 7.17. The van der Waals surface area contributed by atoms with Crippen LogP contribution in [-0.4, -0.2) is 19.5 Å². The van der Waals surface area contributed by atoms with Crippen LogP contribution in [0.25, 0.3) is 93.0 Å². The Hall–Kier alpha value is -6.43. The maximum Gasteiger partial charge on any atom is 0.164 e. The predicted molar refractivity (Wildman–Crippen MR) is 209 cm³/mol. The minimum Gasteiger partial charge on any atom is -0.308 e. The molecule has 0 fully saturated rings. The van der Waals surface area contributed by atoms with Crippen molar-refractivity contribution in [3.05, 3.63) is 170 Å². The van der Waals surface area contributed by atoms with Crippen LogP contribution in [0.5, 0.6) is 0 Å². The lowest BCUT2D eigenvalue weighted by atomic mass is 9.99. The van der Waals surface area contributed by atoms with E-state index in [4.69, 9.17) is 15.0 Å². The summed E-state index contributed by atoms with van der Waals surface area (Å²) in [7, 11) is 0. The van der Waals surface area contributed by atoms with Gasteiger partial charge in [-0.1, -0.05) is 146 Å². The molecule has 0 atom stereocenters. The molecule has 0 N–H and O–H groups in total. The maximum absolute atomic E-state index is 5.00. The van der Waals surface area contributed by atoms with E-state index in [1.807, 2.05) is 72.0 Å². The first-order valence-corrected chi connectivity index (χ1v) is 17.5. The number of benzene rings is 7. The molecular formula is C45H28N4S. The quantitative estimate of drug-likeness (QED) is 0.185. The number of fused-ring (bicyclic) bond motifs is 6. The van der Waals surface area contributed by atoms with Gasteiger partial charge in [0.2, 0.25) is 0 Å². The predicted octanol–water partition coefficient (Wildman–Crippen LogP) is 12.0. The summed E-state index contributed by atoms with van der Waals surface area (Å²) >= 11 is 1.82. The number of para-hydroxylation sites is 1. The highest BCUT2D eigenvalue weighted by Gasteiger charge is 2.19. The highest BCUT2D eigenvalue weighted by molar-refractivity contribution is 7.26. The third-order valence-corrected chi connectivity index (χ3v) is 10.6. The van der Waals surface area contributed by atoms with Gasteiger partial charge >= 0.3 is 0 Å². The fraction of sp³-hybridized carbons (Fsp3) is 0. The van der Waals surface area contributed by atoms with Crippen LogP contribution in [0.1, 0.15) is 0 Å². The van der Waals surface area contributed by atoms with Crippen LogP contribution in [-0.2, 0) is 0 Å². The van der Waals surface area contributed by atoms with Gasteiger partial charge < -0.3 is 4.57 Å². The molecule has 3 aromatic heterocycles. The van der Waals surface area contributed by atoms with Gasteiger partial charge in [-0.2, -0.15) is 0 Å². The van der Waals surface area contributed by atoms with E-state index in [1.165, 1.54) is 58.8 Å². The molecule has 3 heterocycles. The van der Waals surface area contributed by atoms with Crippen molar-refractivity contribution in [3.8, 4) is 51.0 Å². The summed E-state index contributed by atoms with van der Waals surface area (Å²) in [6.45, 7) is 0. The van der Waals surface area contributed by atoms with Crippen molar-refractivity contribution in [2.75, 3.05) is 0 Å². The van der Waals surface area contributed by atoms with E-state index in [1.54, 1.807) is 0 Å². The Bertz CT molecular complexity index is 2800. The largest absolute Gasteiger partial charge is 0.308 e. The van der Waals surface area contributed by atoms with Crippen molar-refractivity contribution in [2.24, 2.45) is 0 Å². The molecular weight excluding hydrogens is 629 g/mol. The Morgan fingerprint density at radius 3 is 1.66 bits per heavy atom. The van der Waals surface area contributed by atoms with Crippen molar-refractivity contribution in [1.82, 2.24) is 19.5 Å². The van der Waals surface area contributed by atoms with Gasteiger partial charge in [0.05, 0.1) is 21.4 Å².